The maximum Gasteiger partial charge on any atom is 0.194 e. The fourth-order valence-corrected chi connectivity index (χ4v) is 2.72. The molecule has 0 radical (unpaired) electrons. The second-order valence-electron chi connectivity index (χ2n) is 5.04. The molecule has 0 heterocycles. The molecule has 2 aromatic rings. The molecule has 0 amide bonds. The summed E-state index contributed by atoms with van der Waals surface area (Å²) in [6, 6.07) is 10.4. The number of aryl methyl sites for hydroxylation is 1. The molecule has 1 nitrogen and oxygen atoms in total. The van der Waals surface area contributed by atoms with Crippen LogP contribution in [0.25, 0.3) is 0 Å². The number of rotatable bonds is 3. The molecule has 2 aromatic carbocycles. The fourth-order valence-electron chi connectivity index (χ4n) is 2.72. The highest BCUT2D eigenvalue weighted by atomic mass is 19.2. The third-order valence-electron chi connectivity index (χ3n) is 3.73. The Hall–Kier alpha value is -1.81. The molecule has 0 saturated carbocycles. The van der Waals surface area contributed by atoms with Crippen LogP contribution in [0.3, 0.4) is 0 Å². The molecule has 104 valence electrons. The summed E-state index contributed by atoms with van der Waals surface area (Å²) in [6.07, 6.45) is 1.96. The molecule has 0 saturated heterocycles. The van der Waals surface area contributed by atoms with Gasteiger partial charge >= 0.3 is 0 Å². The van der Waals surface area contributed by atoms with E-state index in [1.165, 1.54) is 11.1 Å². The first-order chi connectivity index (χ1) is 9.65. The van der Waals surface area contributed by atoms with Gasteiger partial charge in [-0.25, -0.2) is 13.2 Å². The molecule has 1 unspecified atom stereocenters. The van der Waals surface area contributed by atoms with E-state index in [-0.39, 0.29) is 6.04 Å². The SMILES string of the molecule is Fc1cc(CNC2CCc3ccccc32)cc(F)c1F. The summed E-state index contributed by atoms with van der Waals surface area (Å²) >= 11 is 0. The van der Waals surface area contributed by atoms with Crippen molar-refractivity contribution in [2.45, 2.75) is 25.4 Å². The first-order valence-electron chi connectivity index (χ1n) is 6.60. The quantitative estimate of drug-likeness (QED) is 0.839. The van der Waals surface area contributed by atoms with E-state index in [4.69, 9.17) is 0 Å². The van der Waals surface area contributed by atoms with E-state index in [9.17, 15) is 13.2 Å². The average molecular weight is 277 g/mol. The van der Waals surface area contributed by atoms with Crippen molar-refractivity contribution < 1.29 is 13.2 Å². The number of fused-ring (bicyclic) bond motifs is 1. The van der Waals surface area contributed by atoms with Crippen molar-refractivity contribution in [3.8, 4) is 0 Å². The number of benzene rings is 2. The molecule has 1 atom stereocenters. The summed E-state index contributed by atoms with van der Waals surface area (Å²) in [5, 5.41) is 3.27. The normalized spacial score (nSPS) is 17.2. The molecule has 0 fully saturated rings. The van der Waals surface area contributed by atoms with Gasteiger partial charge in [-0.2, -0.15) is 0 Å². The Morgan fingerprint density at radius 2 is 1.75 bits per heavy atom. The molecule has 0 aromatic heterocycles. The van der Waals surface area contributed by atoms with Crippen molar-refractivity contribution in [3.63, 3.8) is 0 Å². The van der Waals surface area contributed by atoms with E-state index in [2.05, 4.69) is 17.4 Å². The topological polar surface area (TPSA) is 12.0 Å². The second kappa shape index (κ2) is 5.29. The largest absolute Gasteiger partial charge is 0.306 e. The Morgan fingerprint density at radius 3 is 2.50 bits per heavy atom. The highest BCUT2D eigenvalue weighted by molar-refractivity contribution is 5.34. The van der Waals surface area contributed by atoms with E-state index in [0.717, 1.165) is 25.0 Å². The molecular formula is C16H14F3N. The summed E-state index contributed by atoms with van der Waals surface area (Å²) in [7, 11) is 0. The zero-order valence-electron chi connectivity index (χ0n) is 10.8. The third kappa shape index (κ3) is 2.43. The van der Waals surface area contributed by atoms with Crippen molar-refractivity contribution in [2.24, 2.45) is 0 Å². The lowest BCUT2D eigenvalue weighted by Gasteiger charge is -2.14. The molecule has 1 N–H and O–H groups in total. The Morgan fingerprint density at radius 1 is 1.05 bits per heavy atom. The smallest absolute Gasteiger partial charge is 0.194 e. The lowest BCUT2D eigenvalue weighted by Crippen LogP contribution is -2.19. The van der Waals surface area contributed by atoms with Gasteiger partial charge in [-0.3, -0.25) is 0 Å². The second-order valence-corrected chi connectivity index (χ2v) is 5.04. The summed E-state index contributed by atoms with van der Waals surface area (Å²) in [5.41, 5.74) is 2.95. The van der Waals surface area contributed by atoms with Gasteiger partial charge in [0.05, 0.1) is 0 Å². The predicted molar refractivity (Wildman–Crippen MR) is 70.7 cm³/mol. The fraction of sp³-hybridized carbons (Fsp3) is 0.250. The van der Waals surface area contributed by atoms with Gasteiger partial charge in [0.15, 0.2) is 17.5 Å². The third-order valence-corrected chi connectivity index (χ3v) is 3.73. The minimum Gasteiger partial charge on any atom is -0.306 e. The number of nitrogens with one attached hydrogen (secondary N) is 1. The molecule has 0 aliphatic heterocycles. The van der Waals surface area contributed by atoms with Gasteiger partial charge in [0, 0.05) is 12.6 Å². The van der Waals surface area contributed by atoms with E-state index >= 15 is 0 Å². The highest BCUT2D eigenvalue weighted by Crippen LogP contribution is 2.30. The van der Waals surface area contributed by atoms with Gasteiger partial charge < -0.3 is 5.32 Å². The summed E-state index contributed by atoms with van der Waals surface area (Å²) < 4.78 is 39.2. The van der Waals surface area contributed by atoms with Crippen LogP contribution in [-0.2, 0) is 13.0 Å². The zero-order chi connectivity index (χ0) is 14.1. The van der Waals surface area contributed by atoms with Crippen LogP contribution < -0.4 is 5.32 Å². The summed E-state index contributed by atoms with van der Waals surface area (Å²) in [6.45, 7) is 0.313. The summed E-state index contributed by atoms with van der Waals surface area (Å²) in [4.78, 5) is 0. The molecular weight excluding hydrogens is 263 g/mol. The van der Waals surface area contributed by atoms with E-state index in [0.29, 0.717) is 12.1 Å². The van der Waals surface area contributed by atoms with Crippen LogP contribution in [-0.4, -0.2) is 0 Å². The predicted octanol–water partition coefficient (Wildman–Crippen LogP) is 3.88. The lowest BCUT2D eigenvalue weighted by molar-refractivity contribution is 0.442. The van der Waals surface area contributed by atoms with Gasteiger partial charge in [0.2, 0.25) is 0 Å². The van der Waals surface area contributed by atoms with Crippen LogP contribution in [0, 0.1) is 17.5 Å². The van der Waals surface area contributed by atoms with Gasteiger partial charge in [0.1, 0.15) is 0 Å². The van der Waals surface area contributed by atoms with Crippen LogP contribution in [0.1, 0.15) is 29.2 Å². The Bertz CT molecular complexity index is 616. The molecule has 0 bridgehead atoms. The lowest BCUT2D eigenvalue weighted by atomic mass is 10.1. The van der Waals surface area contributed by atoms with Crippen molar-refractivity contribution >= 4 is 0 Å². The molecule has 4 heteroatoms. The van der Waals surface area contributed by atoms with Crippen molar-refractivity contribution in [1.29, 1.82) is 0 Å². The maximum atomic E-state index is 13.1. The van der Waals surface area contributed by atoms with Gasteiger partial charge in [-0.15, -0.1) is 0 Å². The van der Waals surface area contributed by atoms with Gasteiger partial charge in [-0.1, -0.05) is 24.3 Å². The molecule has 1 aliphatic carbocycles. The Labute approximate surface area is 115 Å². The van der Waals surface area contributed by atoms with Crippen LogP contribution in [0.2, 0.25) is 0 Å². The molecule has 20 heavy (non-hydrogen) atoms. The van der Waals surface area contributed by atoms with Crippen LogP contribution in [0.4, 0.5) is 13.2 Å². The standard InChI is InChI=1S/C16H14F3N/c17-13-7-10(8-14(18)16(13)19)9-20-15-6-5-11-3-1-2-4-12(11)15/h1-4,7-8,15,20H,5-6,9H2. The summed E-state index contributed by atoms with van der Waals surface area (Å²) in [5.74, 6) is -3.71. The molecule has 1 aliphatic rings. The van der Waals surface area contributed by atoms with E-state index < -0.39 is 17.5 Å². The minimum atomic E-state index is -1.42. The average Bonchev–Trinajstić information content (AvgIpc) is 2.85. The van der Waals surface area contributed by atoms with Crippen molar-refractivity contribution in [2.75, 3.05) is 0 Å². The van der Waals surface area contributed by atoms with Crippen LogP contribution in [0.5, 0.6) is 0 Å². The number of hydrogen-bond acceptors (Lipinski definition) is 1. The van der Waals surface area contributed by atoms with Gasteiger partial charge in [0.25, 0.3) is 0 Å². The monoisotopic (exact) mass is 277 g/mol. The first kappa shape index (κ1) is 13.2. The molecule has 3 rings (SSSR count). The van der Waals surface area contributed by atoms with Crippen LogP contribution in [0.15, 0.2) is 36.4 Å². The number of halogens is 3. The van der Waals surface area contributed by atoms with Gasteiger partial charge in [-0.05, 0) is 41.7 Å². The maximum absolute atomic E-state index is 13.1. The van der Waals surface area contributed by atoms with E-state index in [1.54, 1.807) is 0 Å². The van der Waals surface area contributed by atoms with Crippen molar-refractivity contribution in [1.82, 2.24) is 5.32 Å². The zero-order valence-corrected chi connectivity index (χ0v) is 10.8. The number of hydrogen-bond donors (Lipinski definition) is 1. The molecule has 0 spiro atoms. The Balaban J connectivity index is 1.72. The van der Waals surface area contributed by atoms with Crippen LogP contribution >= 0.6 is 0 Å². The Kier molecular flexibility index (Phi) is 3.49. The highest BCUT2D eigenvalue weighted by Gasteiger charge is 2.21. The van der Waals surface area contributed by atoms with Crippen molar-refractivity contribution in [3.05, 3.63) is 70.5 Å². The minimum absolute atomic E-state index is 0.183. The van der Waals surface area contributed by atoms with E-state index in [1.807, 2.05) is 12.1 Å². The first-order valence-corrected chi connectivity index (χ1v) is 6.60.